The molecule has 96 valence electrons. The van der Waals surface area contributed by atoms with Crippen molar-refractivity contribution in [1.82, 2.24) is 0 Å². The van der Waals surface area contributed by atoms with Crippen LogP contribution in [0.25, 0.3) is 10.9 Å². The van der Waals surface area contributed by atoms with Crippen LogP contribution in [0.4, 0.5) is 5.69 Å². The molecule has 0 saturated carbocycles. The second-order valence-electron chi connectivity index (χ2n) is 4.04. The molecule has 0 spiro atoms. The van der Waals surface area contributed by atoms with Crippen LogP contribution in [0.2, 0.25) is 0 Å². The van der Waals surface area contributed by atoms with Gasteiger partial charge in [-0.15, -0.1) is 6.54 Å². The molecule has 0 unspecified atom stereocenters. The zero-order chi connectivity index (χ0) is 13.2. The Hall–Kier alpha value is -1.95. The van der Waals surface area contributed by atoms with Crippen LogP contribution in [0.1, 0.15) is 5.56 Å². The van der Waals surface area contributed by atoms with Crippen molar-refractivity contribution in [3.05, 3.63) is 53.1 Å². The van der Waals surface area contributed by atoms with E-state index in [2.05, 4.69) is 10.0 Å². The van der Waals surface area contributed by atoms with Crippen LogP contribution in [-0.2, 0) is 10.0 Å². The van der Waals surface area contributed by atoms with Crippen LogP contribution in [0, 0.1) is 0 Å². The van der Waals surface area contributed by atoms with Crippen LogP contribution in [0.3, 0.4) is 0 Å². The lowest BCUT2D eigenvalue weighted by molar-refractivity contribution is 0.607. The molecule has 1 aliphatic heterocycles. The van der Waals surface area contributed by atoms with Crippen LogP contribution < -0.4 is 10.5 Å². The minimum Gasteiger partial charge on any atom is -0.687 e. The average Bonchev–Trinajstić information content (AvgIpc) is 2.29. The summed E-state index contributed by atoms with van der Waals surface area (Å²) in [6.45, 7) is 0.543. The number of allylic oxidation sites excluding steroid dienone is 1. The number of sulfonamides is 1. The predicted molar refractivity (Wildman–Crippen MR) is 73.4 cm³/mol. The molecule has 6 heteroatoms. The summed E-state index contributed by atoms with van der Waals surface area (Å²) in [7, 11) is -3.24. The highest BCUT2D eigenvalue weighted by atomic mass is 32.2. The average molecular weight is 264 g/mol. The summed E-state index contributed by atoms with van der Waals surface area (Å²) < 4.78 is 24.6. The van der Waals surface area contributed by atoms with Crippen LogP contribution in [0.15, 0.2) is 42.2 Å². The maximum atomic E-state index is 11.1. The smallest absolute Gasteiger partial charge is 0.229 e. The van der Waals surface area contributed by atoms with Crippen molar-refractivity contribution in [2.75, 3.05) is 17.5 Å². The summed E-state index contributed by atoms with van der Waals surface area (Å²) in [5.74, 6) is 0. The molecule has 2 rings (SSSR count). The highest BCUT2D eigenvalue weighted by Crippen LogP contribution is 2.24. The Bertz CT molecular complexity index is 601. The van der Waals surface area contributed by atoms with Crippen molar-refractivity contribution in [1.29, 1.82) is 0 Å². The van der Waals surface area contributed by atoms with Crippen molar-refractivity contribution < 1.29 is 8.42 Å². The molecule has 5 nitrogen and oxygen atoms in total. The van der Waals surface area contributed by atoms with Gasteiger partial charge in [0.15, 0.2) is 0 Å². The Balaban J connectivity index is 2.25. The van der Waals surface area contributed by atoms with Gasteiger partial charge >= 0.3 is 0 Å². The van der Waals surface area contributed by atoms with Crippen molar-refractivity contribution in [3.63, 3.8) is 0 Å². The van der Waals surface area contributed by atoms with Gasteiger partial charge in [-0.3, -0.25) is 4.72 Å². The van der Waals surface area contributed by atoms with Crippen LogP contribution in [-0.4, -0.2) is 21.2 Å². The number of benzene rings is 1. The molecule has 1 aliphatic rings. The van der Waals surface area contributed by atoms with Gasteiger partial charge in [0.1, 0.15) is 0 Å². The van der Waals surface area contributed by atoms with E-state index < -0.39 is 10.0 Å². The molecule has 0 saturated heterocycles. The third-order valence-electron chi connectivity index (χ3n) is 2.49. The molecule has 0 radical (unpaired) electrons. The van der Waals surface area contributed by atoms with Crippen molar-refractivity contribution in [3.8, 4) is 0 Å². The van der Waals surface area contributed by atoms with E-state index in [1.165, 1.54) is 0 Å². The standard InChI is InChI=1S/C12H14N3O2S/c1-18(16,17)15-10-4-2-9(3-5-10)11-8-14-7-6-12(11)13/h2-7,15H,8,13H2,1H3/q-1. The Morgan fingerprint density at radius 1 is 1.28 bits per heavy atom. The molecule has 0 bridgehead atoms. The van der Waals surface area contributed by atoms with Gasteiger partial charge in [0, 0.05) is 11.4 Å². The van der Waals surface area contributed by atoms with Gasteiger partial charge in [-0.05, 0) is 23.3 Å². The maximum Gasteiger partial charge on any atom is 0.229 e. The van der Waals surface area contributed by atoms with E-state index in [4.69, 9.17) is 5.73 Å². The number of anilines is 1. The van der Waals surface area contributed by atoms with Gasteiger partial charge in [-0.1, -0.05) is 18.2 Å². The first-order valence-electron chi connectivity index (χ1n) is 5.36. The third kappa shape index (κ3) is 3.04. The molecule has 0 aliphatic carbocycles. The molecule has 0 amide bonds. The molecular formula is C12H14N3O2S-. The minimum atomic E-state index is -3.24. The minimum absolute atomic E-state index is 0.531. The fraction of sp³-hybridized carbons (Fsp3) is 0.167. The number of rotatable bonds is 3. The Labute approximate surface area is 106 Å². The fourth-order valence-corrected chi connectivity index (χ4v) is 2.24. The van der Waals surface area contributed by atoms with Crippen molar-refractivity contribution in [2.45, 2.75) is 0 Å². The number of nitrogens with zero attached hydrogens (tertiary/aromatic N) is 1. The normalized spacial score (nSPS) is 15.4. The largest absolute Gasteiger partial charge is 0.687 e. The second-order valence-corrected chi connectivity index (χ2v) is 5.79. The number of hydrogen-bond acceptors (Lipinski definition) is 3. The first-order valence-corrected chi connectivity index (χ1v) is 7.25. The van der Waals surface area contributed by atoms with E-state index in [0.29, 0.717) is 17.9 Å². The van der Waals surface area contributed by atoms with Gasteiger partial charge in [-0.2, -0.15) is 6.20 Å². The SMILES string of the molecule is CS(=O)(=O)Nc1ccc(C2=C(N)C=C[N-]C2)cc1. The van der Waals surface area contributed by atoms with E-state index >= 15 is 0 Å². The van der Waals surface area contributed by atoms with Crippen molar-refractivity contribution in [2.24, 2.45) is 5.73 Å². The maximum absolute atomic E-state index is 11.1. The fourth-order valence-electron chi connectivity index (χ4n) is 1.68. The summed E-state index contributed by atoms with van der Waals surface area (Å²) in [4.78, 5) is 0. The molecule has 3 N–H and O–H groups in total. The zero-order valence-corrected chi connectivity index (χ0v) is 10.7. The second kappa shape index (κ2) is 4.73. The van der Waals surface area contributed by atoms with Gasteiger partial charge in [0.2, 0.25) is 10.0 Å². The van der Waals surface area contributed by atoms with Crippen LogP contribution >= 0.6 is 0 Å². The molecule has 0 fully saturated rings. The predicted octanol–water partition coefficient (Wildman–Crippen LogP) is 1.63. The first-order chi connectivity index (χ1) is 8.46. The topological polar surface area (TPSA) is 86.3 Å². The molecule has 18 heavy (non-hydrogen) atoms. The van der Waals surface area contributed by atoms with Gasteiger partial charge in [0.25, 0.3) is 0 Å². The Morgan fingerprint density at radius 3 is 2.50 bits per heavy atom. The van der Waals surface area contributed by atoms with E-state index in [-0.39, 0.29) is 0 Å². The summed E-state index contributed by atoms with van der Waals surface area (Å²) in [5.41, 5.74) is 8.98. The summed E-state index contributed by atoms with van der Waals surface area (Å²) in [6, 6.07) is 7.05. The number of nitrogens with one attached hydrogen (secondary N) is 1. The van der Waals surface area contributed by atoms with Crippen molar-refractivity contribution >= 4 is 21.3 Å². The van der Waals surface area contributed by atoms with Crippen LogP contribution in [0.5, 0.6) is 0 Å². The molecule has 0 aromatic heterocycles. The lowest BCUT2D eigenvalue weighted by Gasteiger charge is -2.24. The van der Waals surface area contributed by atoms with Gasteiger partial charge < -0.3 is 11.1 Å². The molecule has 0 atom stereocenters. The van der Waals surface area contributed by atoms with E-state index in [0.717, 1.165) is 17.4 Å². The van der Waals surface area contributed by atoms with E-state index in [1.807, 2.05) is 12.1 Å². The van der Waals surface area contributed by atoms with Gasteiger partial charge in [0.05, 0.1) is 6.26 Å². The highest BCUT2D eigenvalue weighted by molar-refractivity contribution is 7.92. The Morgan fingerprint density at radius 2 is 1.94 bits per heavy atom. The molecule has 1 heterocycles. The molecule has 1 aromatic carbocycles. The Kier molecular flexibility index (Phi) is 3.29. The quantitative estimate of drug-likeness (QED) is 0.870. The third-order valence-corrected chi connectivity index (χ3v) is 3.10. The zero-order valence-electron chi connectivity index (χ0n) is 9.92. The summed E-state index contributed by atoms with van der Waals surface area (Å²) >= 11 is 0. The molecular weight excluding hydrogens is 250 g/mol. The van der Waals surface area contributed by atoms with E-state index in [9.17, 15) is 8.42 Å². The summed E-state index contributed by atoms with van der Waals surface area (Å²) in [6.07, 6.45) is 4.55. The highest BCUT2D eigenvalue weighted by Gasteiger charge is 2.05. The molecule has 1 aromatic rings. The number of nitrogens with two attached hydrogens (primary N) is 1. The lowest BCUT2D eigenvalue weighted by atomic mass is 10.0. The monoisotopic (exact) mass is 264 g/mol. The lowest BCUT2D eigenvalue weighted by Crippen LogP contribution is -2.09. The van der Waals surface area contributed by atoms with E-state index in [1.54, 1.807) is 24.4 Å². The number of hydrogen-bond donors (Lipinski definition) is 2. The summed E-state index contributed by atoms with van der Waals surface area (Å²) in [5, 5.41) is 4.14. The van der Waals surface area contributed by atoms with Gasteiger partial charge in [-0.25, -0.2) is 8.42 Å². The first kappa shape index (κ1) is 12.5.